The van der Waals surface area contributed by atoms with Crippen LogP contribution in [0.1, 0.15) is 17.3 Å². The highest BCUT2D eigenvalue weighted by molar-refractivity contribution is 5.94. The zero-order valence-electron chi connectivity index (χ0n) is 21.1. The van der Waals surface area contributed by atoms with Crippen LogP contribution in [-0.2, 0) is 0 Å². The molecule has 5 rings (SSSR count). The van der Waals surface area contributed by atoms with E-state index < -0.39 is 0 Å². The zero-order chi connectivity index (χ0) is 25.8. The molecule has 1 aromatic heterocycles. The molecule has 1 aliphatic rings. The first-order valence-electron chi connectivity index (χ1n) is 12.4. The van der Waals surface area contributed by atoms with E-state index in [1.54, 1.807) is 13.1 Å². The maximum atomic E-state index is 11.7. The second-order valence-electron chi connectivity index (χ2n) is 9.26. The Hall–Kier alpha value is -4.43. The van der Waals surface area contributed by atoms with E-state index in [1.165, 1.54) is 5.69 Å². The Morgan fingerprint density at radius 1 is 0.892 bits per heavy atom. The van der Waals surface area contributed by atoms with Crippen LogP contribution in [0, 0.1) is 0 Å². The van der Waals surface area contributed by atoms with Gasteiger partial charge < -0.3 is 26.2 Å². The van der Waals surface area contributed by atoms with Gasteiger partial charge in [-0.15, -0.1) is 0 Å². The van der Waals surface area contributed by atoms with Gasteiger partial charge in [-0.3, -0.25) is 4.79 Å². The monoisotopic (exact) mass is 493 g/mol. The Kier molecular flexibility index (Phi) is 7.00. The fourth-order valence-electron chi connectivity index (χ4n) is 4.32. The van der Waals surface area contributed by atoms with Crippen molar-refractivity contribution in [2.24, 2.45) is 0 Å². The van der Waals surface area contributed by atoms with Gasteiger partial charge in [0.1, 0.15) is 5.82 Å². The third-order valence-corrected chi connectivity index (χ3v) is 6.60. The van der Waals surface area contributed by atoms with Gasteiger partial charge in [-0.2, -0.15) is 4.98 Å². The highest BCUT2D eigenvalue weighted by Crippen LogP contribution is 2.32. The van der Waals surface area contributed by atoms with Crippen molar-refractivity contribution >= 4 is 40.3 Å². The van der Waals surface area contributed by atoms with Crippen molar-refractivity contribution in [3.05, 3.63) is 84.6 Å². The predicted octanol–water partition coefficient (Wildman–Crippen LogP) is 5.17. The summed E-state index contributed by atoms with van der Waals surface area (Å²) in [4.78, 5) is 25.8. The number of hydrogen-bond donors (Lipinski definition) is 3. The molecule has 1 aliphatic heterocycles. The minimum absolute atomic E-state index is 0.0244. The first-order valence-corrected chi connectivity index (χ1v) is 12.4. The van der Waals surface area contributed by atoms with Crippen molar-refractivity contribution < 1.29 is 4.79 Å². The maximum absolute atomic E-state index is 11.7. The third kappa shape index (κ3) is 5.70. The normalized spacial score (nSPS) is 13.8. The van der Waals surface area contributed by atoms with Crippen molar-refractivity contribution in [2.45, 2.75) is 6.92 Å². The van der Waals surface area contributed by atoms with E-state index in [2.05, 4.69) is 44.6 Å². The van der Waals surface area contributed by atoms with Crippen LogP contribution in [-0.4, -0.2) is 53.9 Å². The van der Waals surface area contributed by atoms with E-state index in [0.29, 0.717) is 23.0 Å². The molecule has 1 saturated heterocycles. The maximum Gasteiger partial charge on any atom is 0.229 e. The molecular weight excluding hydrogens is 462 g/mol. The lowest BCUT2D eigenvalue weighted by Crippen LogP contribution is -2.44. The van der Waals surface area contributed by atoms with Crippen LogP contribution in [0.25, 0.3) is 11.1 Å². The van der Waals surface area contributed by atoms with Crippen LogP contribution in [0.3, 0.4) is 0 Å². The number of hydrogen-bond acceptors (Lipinski definition) is 8. The number of nitrogens with one attached hydrogen (secondary N) is 2. The fourth-order valence-corrected chi connectivity index (χ4v) is 4.32. The van der Waals surface area contributed by atoms with Gasteiger partial charge >= 0.3 is 0 Å². The number of Topliss-reactive ketones (excluding diaryl/α,β-unsaturated/α-hetero) is 1. The van der Waals surface area contributed by atoms with E-state index in [-0.39, 0.29) is 5.78 Å². The summed E-state index contributed by atoms with van der Waals surface area (Å²) >= 11 is 0. The van der Waals surface area contributed by atoms with Gasteiger partial charge in [0, 0.05) is 54.9 Å². The number of nitrogen functional groups attached to an aromatic ring is 1. The average Bonchev–Trinajstić information content (AvgIpc) is 2.91. The molecule has 8 heteroatoms. The van der Waals surface area contributed by atoms with Gasteiger partial charge in [-0.05, 0) is 55.9 Å². The summed E-state index contributed by atoms with van der Waals surface area (Å²) in [5, 5.41) is 6.68. The van der Waals surface area contributed by atoms with E-state index in [0.717, 1.165) is 48.7 Å². The second-order valence-corrected chi connectivity index (χ2v) is 9.26. The lowest BCUT2D eigenvalue weighted by molar-refractivity contribution is 0.101. The molecule has 4 aromatic rings. The first kappa shape index (κ1) is 24.3. The van der Waals surface area contributed by atoms with Crippen molar-refractivity contribution in [3.63, 3.8) is 0 Å². The number of likely N-dealkylation sites (N-methyl/N-ethyl adjacent to an activating group) is 1. The number of ketones is 1. The summed E-state index contributed by atoms with van der Waals surface area (Å²) in [6.07, 6.45) is 1.78. The van der Waals surface area contributed by atoms with Gasteiger partial charge in [0.2, 0.25) is 5.95 Å². The number of aromatic nitrogens is 2. The van der Waals surface area contributed by atoms with Crippen molar-refractivity contribution in [1.82, 2.24) is 14.9 Å². The number of rotatable bonds is 7. The topological polar surface area (TPSA) is 99.4 Å². The summed E-state index contributed by atoms with van der Waals surface area (Å²) < 4.78 is 0. The summed E-state index contributed by atoms with van der Waals surface area (Å²) in [6, 6.07) is 23.3. The van der Waals surface area contributed by atoms with Crippen LogP contribution < -0.4 is 21.3 Å². The Morgan fingerprint density at radius 2 is 1.59 bits per heavy atom. The lowest BCUT2D eigenvalue weighted by Gasteiger charge is -2.34. The van der Waals surface area contributed by atoms with Crippen molar-refractivity contribution in [2.75, 3.05) is 54.5 Å². The fraction of sp³-hybridized carbons (Fsp3) is 0.207. The van der Waals surface area contributed by atoms with Crippen LogP contribution in [0.15, 0.2) is 79.0 Å². The molecule has 0 aliphatic carbocycles. The first-order chi connectivity index (χ1) is 18.0. The summed E-state index contributed by atoms with van der Waals surface area (Å²) in [7, 11) is 2.16. The summed E-state index contributed by atoms with van der Waals surface area (Å²) in [6.45, 7) is 5.75. The summed E-state index contributed by atoms with van der Waals surface area (Å²) in [5.74, 6) is 1.10. The second kappa shape index (κ2) is 10.7. The molecule has 0 bridgehead atoms. The van der Waals surface area contributed by atoms with Crippen LogP contribution in [0.5, 0.6) is 0 Å². The van der Waals surface area contributed by atoms with E-state index in [4.69, 9.17) is 10.7 Å². The van der Waals surface area contributed by atoms with Gasteiger partial charge in [0.15, 0.2) is 5.78 Å². The smallest absolute Gasteiger partial charge is 0.229 e. The molecule has 0 atom stereocenters. The Morgan fingerprint density at radius 3 is 2.27 bits per heavy atom. The highest BCUT2D eigenvalue weighted by Gasteiger charge is 2.15. The third-order valence-electron chi connectivity index (χ3n) is 6.60. The Balaban J connectivity index is 1.41. The molecule has 0 saturated carbocycles. The number of piperazine rings is 1. The van der Waals surface area contributed by atoms with Gasteiger partial charge in [0.05, 0.1) is 11.4 Å². The molecule has 2 heterocycles. The quantitative estimate of drug-likeness (QED) is 0.240. The number of benzene rings is 3. The molecule has 8 nitrogen and oxygen atoms in total. The molecule has 0 amide bonds. The standard InChI is InChI=1S/C29H31N7O/c1-20(37)21-7-9-22(10-8-21)25-19-31-29(34-28(25)33-27-6-4-3-5-26(27)30)32-23-11-13-24(14-12-23)36-17-15-35(2)16-18-36/h3-14,19H,15-18,30H2,1-2H3,(H2,31,32,33,34). The highest BCUT2D eigenvalue weighted by atomic mass is 16.1. The van der Waals surface area contributed by atoms with E-state index in [1.807, 2.05) is 60.7 Å². The van der Waals surface area contributed by atoms with Crippen molar-refractivity contribution in [3.8, 4) is 11.1 Å². The number of anilines is 6. The minimum atomic E-state index is 0.0244. The van der Waals surface area contributed by atoms with Crippen LogP contribution in [0.4, 0.5) is 34.5 Å². The minimum Gasteiger partial charge on any atom is -0.397 e. The number of nitrogens with two attached hydrogens (primary N) is 1. The van der Waals surface area contributed by atoms with E-state index >= 15 is 0 Å². The molecule has 0 unspecified atom stereocenters. The summed E-state index contributed by atoms with van der Waals surface area (Å²) in [5.41, 5.74) is 12.0. The van der Waals surface area contributed by atoms with Gasteiger partial charge in [0.25, 0.3) is 0 Å². The lowest BCUT2D eigenvalue weighted by atomic mass is 10.0. The molecule has 3 aromatic carbocycles. The number of nitrogens with zero attached hydrogens (tertiary/aromatic N) is 4. The molecule has 188 valence electrons. The molecule has 0 radical (unpaired) electrons. The van der Waals surface area contributed by atoms with Crippen molar-refractivity contribution in [1.29, 1.82) is 0 Å². The van der Waals surface area contributed by atoms with Crippen LogP contribution >= 0.6 is 0 Å². The van der Waals surface area contributed by atoms with Gasteiger partial charge in [-0.25, -0.2) is 4.98 Å². The van der Waals surface area contributed by atoms with Gasteiger partial charge in [-0.1, -0.05) is 36.4 Å². The molecular formula is C29H31N7O. The zero-order valence-corrected chi connectivity index (χ0v) is 21.1. The largest absolute Gasteiger partial charge is 0.397 e. The molecule has 4 N–H and O–H groups in total. The number of carbonyl (C=O) groups is 1. The SMILES string of the molecule is CC(=O)c1ccc(-c2cnc(Nc3ccc(N4CCN(C)CC4)cc3)nc2Nc2ccccc2N)cc1. The number of para-hydroxylation sites is 2. The molecule has 1 fully saturated rings. The molecule has 37 heavy (non-hydrogen) atoms. The Labute approximate surface area is 217 Å². The number of carbonyl (C=O) groups excluding carboxylic acids is 1. The average molecular weight is 494 g/mol. The molecule has 0 spiro atoms. The Bertz CT molecular complexity index is 1380. The van der Waals surface area contributed by atoms with E-state index in [9.17, 15) is 4.79 Å². The van der Waals surface area contributed by atoms with Crippen LogP contribution in [0.2, 0.25) is 0 Å². The predicted molar refractivity (Wildman–Crippen MR) is 151 cm³/mol.